The zero-order chi connectivity index (χ0) is 21.6. The minimum Gasteiger partial charge on any atom is -0.396 e. The van der Waals surface area contributed by atoms with Gasteiger partial charge in [0.05, 0.1) is 21.9 Å². The first kappa shape index (κ1) is 21.0. The van der Waals surface area contributed by atoms with Gasteiger partial charge in [0.1, 0.15) is 11.4 Å². The van der Waals surface area contributed by atoms with E-state index in [1.165, 1.54) is 24.6 Å². The van der Waals surface area contributed by atoms with Gasteiger partial charge in [-0.15, -0.1) is 10.2 Å². The summed E-state index contributed by atoms with van der Waals surface area (Å²) in [6.45, 7) is 1.44. The van der Waals surface area contributed by atoms with E-state index < -0.39 is 21.6 Å². The second-order valence-electron chi connectivity index (χ2n) is 5.95. The summed E-state index contributed by atoms with van der Waals surface area (Å²) in [6.07, 6.45) is -3.56. The number of aromatic nitrogens is 5. The molecule has 0 aliphatic rings. The highest BCUT2D eigenvalue weighted by atomic mass is 35.5. The summed E-state index contributed by atoms with van der Waals surface area (Å²) in [7, 11) is -2.32. The van der Waals surface area contributed by atoms with Gasteiger partial charge in [-0.25, -0.2) is 13.4 Å². The van der Waals surface area contributed by atoms with E-state index in [1.807, 2.05) is 0 Å². The Morgan fingerprint density at radius 3 is 2.48 bits per heavy atom. The minimum atomic E-state index is -4.56. The van der Waals surface area contributed by atoms with Crippen LogP contribution in [0.15, 0.2) is 29.3 Å². The van der Waals surface area contributed by atoms with E-state index in [2.05, 4.69) is 20.2 Å². The third-order valence-electron chi connectivity index (χ3n) is 4.09. The van der Waals surface area contributed by atoms with Crippen LogP contribution in [0.4, 0.5) is 18.9 Å². The van der Waals surface area contributed by atoms with Gasteiger partial charge in [0.25, 0.3) is 0 Å². The van der Waals surface area contributed by atoms with Crippen LogP contribution >= 0.6 is 11.6 Å². The Bertz CT molecular complexity index is 1190. The number of nitrogens with two attached hydrogens (primary N) is 1. The number of sulfone groups is 1. The van der Waals surface area contributed by atoms with Crippen molar-refractivity contribution in [3.05, 3.63) is 35.1 Å². The summed E-state index contributed by atoms with van der Waals surface area (Å²) in [5, 5.41) is 7.62. The number of halogens is 4. The Kier molecular flexibility index (Phi) is 5.26. The molecule has 3 rings (SSSR count). The molecule has 0 amide bonds. The van der Waals surface area contributed by atoms with E-state index >= 15 is 0 Å². The van der Waals surface area contributed by atoms with Crippen LogP contribution in [0.25, 0.3) is 23.0 Å². The van der Waals surface area contributed by atoms with E-state index in [9.17, 15) is 21.6 Å². The Balaban J connectivity index is 2.21. The molecule has 3 aromatic rings. The van der Waals surface area contributed by atoms with Crippen LogP contribution < -0.4 is 5.73 Å². The van der Waals surface area contributed by atoms with Crippen LogP contribution in [0, 0.1) is 0 Å². The highest BCUT2D eigenvalue weighted by Crippen LogP contribution is 2.33. The zero-order valence-electron chi connectivity index (χ0n) is 15.1. The number of hydrogen-bond donors (Lipinski definition) is 1. The lowest BCUT2D eigenvalue weighted by molar-refractivity contribution is -0.137. The quantitative estimate of drug-likeness (QED) is 0.612. The average Bonchev–Trinajstić information content (AvgIpc) is 3.04. The second kappa shape index (κ2) is 7.26. The standard InChI is InChI=1S/C16H14ClF3N6O2S/c1-3-29(27,28)11-7-9(21)13(17)23-12(11)15-25-24-14(26(15)2)10-6-8(4-5-22-10)16(18,19)20/h4-7H,3,21H2,1-2H3. The summed E-state index contributed by atoms with van der Waals surface area (Å²) in [6, 6.07) is 2.81. The molecule has 0 aliphatic heterocycles. The Morgan fingerprint density at radius 1 is 1.21 bits per heavy atom. The van der Waals surface area contributed by atoms with Crippen LogP contribution in [0.5, 0.6) is 0 Å². The third-order valence-corrected chi connectivity index (χ3v) is 6.13. The summed E-state index contributed by atoms with van der Waals surface area (Å²) in [4.78, 5) is 7.71. The normalized spacial score (nSPS) is 12.3. The molecule has 13 heteroatoms. The molecular formula is C16H14ClF3N6O2S. The summed E-state index contributed by atoms with van der Waals surface area (Å²) in [5.41, 5.74) is 4.54. The predicted octanol–water partition coefficient (Wildman–Crippen LogP) is 2.99. The van der Waals surface area contributed by atoms with Gasteiger partial charge in [-0.3, -0.25) is 4.98 Å². The number of pyridine rings is 2. The van der Waals surface area contributed by atoms with Gasteiger partial charge in [-0.2, -0.15) is 13.2 Å². The van der Waals surface area contributed by atoms with E-state index in [0.29, 0.717) is 0 Å². The lowest BCUT2D eigenvalue weighted by Crippen LogP contribution is -2.10. The minimum absolute atomic E-state index is 0.0132. The maximum absolute atomic E-state index is 13.0. The smallest absolute Gasteiger partial charge is 0.396 e. The van der Waals surface area contributed by atoms with Crippen molar-refractivity contribution in [1.82, 2.24) is 24.7 Å². The van der Waals surface area contributed by atoms with Crippen molar-refractivity contribution >= 4 is 27.1 Å². The molecular weight excluding hydrogens is 433 g/mol. The number of nitrogen functional groups attached to an aromatic ring is 1. The molecule has 0 saturated heterocycles. The van der Waals surface area contributed by atoms with Gasteiger partial charge in [-0.1, -0.05) is 18.5 Å². The Hall–Kier alpha value is -2.73. The van der Waals surface area contributed by atoms with Crippen LogP contribution in [0.1, 0.15) is 12.5 Å². The zero-order valence-corrected chi connectivity index (χ0v) is 16.6. The van der Waals surface area contributed by atoms with Crippen LogP contribution in [-0.2, 0) is 23.1 Å². The van der Waals surface area contributed by atoms with E-state index in [1.54, 1.807) is 0 Å². The predicted molar refractivity (Wildman–Crippen MR) is 99.6 cm³/mol. The van der Waals surface area contributed by atoms with Gasteiger partial charge in [0.2, 0.25) is 0 Å². The lowest BCUT2D eigenvalue weighted by atomic mass is 10.2. The number of alkyl halides is 3. The van der Waals surface area contributed by atoms with Crippen molar-refractivity contribution < 1.29 is 21.6 Å². The molecule has 0 aromatic carbocycles. The van der Waals surface area contributed by atoms with Gasteiger partial charge < -0.3 is 10.3 Å². The largest absolute Gasteiger partial charge is 0.416 e. The molecule has 0 fully saturated rings. The van der Waals surface area contributed by atoms with Crippen molar-refractivity contribution in [3.63, 3.8) is 0 Å². The summed E-state index contributed by atoms with van der Waals surface area (Å²) in [5.74, 6) is -0.267. The van der Waals surface area contributed by atoms with E-state index in [4.69, 9.17) is 17.3 Å². The molecule has 0 bridgehead atoms. The number of hydrogen-bond acceptors (Lipinski definition) is 7. The Morgan fingerprint density at radius 2 is 1.86 bits per heavy atom. The fraction of sp³-hybridized carbons (Fsp3) is 0.250. The first-order chi connectivity index (χ1) is 13.5. The molecule has 0 atom stereocenters. The lowest BCUT2D eigenvalue weighted by Gasteiger charge is -2.11. The molecule has 0 aliphatic carbocycles. The molecule has 3 heterocycles. The monoisotopic (exact) mass is 446 g/mol. The third kappa shape index (κ3) is 3.90. The van der Waals surface area contributed by atoms with Crippen molar-refractivity contribution in [2.75, 3.05) is 11.5 Å². The maximum atomic E-state index is 13.0. The molecule has 0 spiro atoms. The van der Waals surface area contributed by atoms with Gasteiger partial charge >= 0.3 is 6.18 Å². The highest BCUT2D eigenvalue weighted by Gasteiger charge is 2.31. The summed E-state index contributed by atoms with van der Waals surface area (Å²) < 4.78 is 65.2. The van der Waals surface area contributed by atoms with E-state index in [0.717, 1.165) is 18.3 Å². The molecule has 0 saturated carbocycles. The summed E-state index contributed by atoms with van der Waals surface area (Å²) >= 11 is 5.95. The van der Waals surface area contributed by atoms with Gasteiger partial charge in [0, 0.05) is 13.2 Å². The van der Waals surface area contributed by atoms with Gasteiger partial charge in [0.15, 0.2) is 26.6 Å². The molecule has 0 radical (unpaired) electrons. The average molecular weight is 447 g/mol. The molecule has 29 heavy (non-hydrogen) atoms. The number of rotatable bonds is 4. The first-order valence-corrected chi connectivity index (χ1v) is 10.1. The Labute approximate surface area is 168 Å². The van der Waals surface area contributed by atoms with Crippen molar-refractivity contribution in [2.45, 2.75) is 18.0 Å². The topological polar surface area (TPSA) is 117 Å². The van der Waals surface area contributed by atoms with Crippen molar-refractivity contribution in [3.8, 4) is 23.0 Å². The van der Waals surface area contributed by atoms with Crippen molar-refractivity contribution in [1.29, 1.82) is 0 Å². The first-order valence-electron chi connectivity index (χ1n) is 8.08. The fourth-order valence-electron chi connectivity index (χ4n) is 2.53. The molecule has 2 N–H and O–H groups in total. The number of nitrogens with zero attached hydrogens (tertiary/aromatic N) is 5. The molecule has 8 nitrogen and oxygen atoms in total. The molecule has 0 unspecified atom stereocenters. The highest BCUT2D eigenvalue weighted by molar-refractivity contribution is 7.91. The fourth-order valence-corrected chi connectivity index (χ4v) is 3.72. The molecule has 154 valence electrons. The number of anilines is 1. The van der Waals surface area contributed by atoms with Crippen LogP contribution in [-0.4, -0.2) is 38.9 Å². The maximum Gasteiger partial charge on any atom is 0.416 e. The van der Waals surface area contributed by atoms with Crippen LogP contribution in [0.3, 0.4) is 0 Å². The van der Waals surface area contributed by atoms with Crippen molar-refractivity contribution in [2.24, 2.45) is 7.05 Å². The molecule has 3 aromatic heterocycles. The van der Waals surface area contributed by atoms with Crippen LogP contribution in [0.2, 0.25) is 5.15 Å². The second-order valence-corrected chi connectivity index (χ2v) is 8.56. The SMILES string of the molecule is CCS(=O)(=O)c1cc(N)c(Cl)nc1-c1nnc(-c2cc(C(F)(F)F)ccn2)n1C. The van der Waals surface area contributed by atoms with E-state index in [-0.39, 0.29) is 44.5 Å². The van der Waals surface area contributed by atoms with Gasteiger partial charge in [-0.05, 0) is 18.2 Å².